The number of nitriles is 1. The Morgan fingerprint density at radius 3 is 2.88 bits per heavy atom. The number of nitrogens with one attached hydrogen (secondary N) is 1. The van der Waals surface area contributed by atoms with Crippen molar-refractivity contribution in [1.82, 2.24) is 14.5 Å². The van der Waals surface area contributed by atoms with Crippen molar-refractivity contribution < 1.29 is 4.74 Å². The quantitative estimate of drug-likeness (QED) is 0.540. The van der Waals surface area contributed by atoms with E-state index < -0.39 is 8.07 Å². The molecule has 0 aliphatic carbocycles. The summed E-state index contributed by atoms with van der Waals surface area (Å²) in [4.78, 5) is 7.47. The minimum atomic E-state index is -1.07. The lowest BCUT2D eigenvalue weighted by Gasteiger charge is -2.15. The molecule has 0 saturated heterocycles. The van der Waals surface area contributed by atoms with Crippen LogP contribution in [0.2, 0.25) is 25.7 Å². The minimum Gasteiger partial charge on any atom is -0.361 e. The second-order valence-electron chi connectivity index (χ2n) is 7.14. The van der Waals surface area contributed by atoms with E-state index in [9.17, 15) is 0 Å². The van der Waals surface area contributed by atoms with Crippen LogP contribution in [0.15, 0.2) is 36.8 Å². The van der Waals surface area contributed by atoms with Crippen LogP contribution >= 0.6 is 0 Å². The number of nitrogens with zero attached hydrogens (tertiary/aromatic N) is 3. The van der Waals surface area contributed by atoms with Crippen molar-refractivity contribution in [3.8, 4) is 17.2 Å². The fourth-order valence-corrected chi connectivity index (χ4v) is 3.36. The van der Waals surface area contributed by atoms with E-state index in [1.807, 2.05) is 29.1 Å². The van der Waals surface area contributed by atoms with Gasteiger partial charge in [0.1, 0.15) is 24.1 Å². The first-order chi connectivity index (χ1) is 11.5. The molecule has 0 radical (unpaired) electrons. The van der Waals surface area contributed by atoms with Gasteiger partial charge in [-0.25, -0.2) is 4.98 Å². The van der Waals surface area contributed by atoms with Gasteiger partial charge in [0.25, 0.3) is 0 Å². The first kappa shape index (κ1) is 16.5. The molecule has 0 unspecified atom stereocenters. The van der Waals surface area contributed by atoms with Gasteiger partial charge in [-0.2, -0.15) is 5.26 Å². The van der Waals surface area contributed by atoms with Gasteiger partial charge in [0.05, 0.1) is 0 Å². The highest BCUT2D eigenvalue weighted by Gasteiger charge is 2.13. The Balaban J connectivity index is 1.80. The lowest BCUT2D eigenvalue weighted by atomic mass is 10.1. The van der Waals surface area contributed by atoms with Gasteiger partial charge >= 0.3 is 0 Å². The van der Waals surface area contributed by atoms with E-state index in [-0.39, 0.29) is 0 Å². The van der Waals surface area contributed by atoms with E-state index in [4.69, 9.17) is 10.00 Å². The monoisotopic (exact) mass is 338 g/mol. The molecule has 0 aliphatic rings. The lowest BCUT2D eigenvalue weighted by molar-refractivity contribution is 0.0899. The summed E-state index contributed by atoms with van der Waals surface area (Å²) in [5, 5.41) is 10.0. The molecule has 0 spiro atoms. The molecular weight excluding hydrogens is 316 g/mol. The minimum absolute atomic E-state index is 0.515. The smallest absolute Gasteiger partial charge is 0.142 e. The summed E-state index contributed by atoms with van der Waals surface area (Å²) in [7, 11) is -1.07. The maximum atomic E-state index is 8.98. The van der Waals surface area contributed by atoms with E-state index in [1.54, 1.807) is 6.20 Å². The zero-order valence-corrected chi connectivity index (χ0v) is 15.3. The highest BCUT2D eigenvalue weighted by Crippen LogP contribution is 2.28. The van der Waals surface area contributed by atoms with Crippen LogP contribution in [0.25, 0.3) is 22.2 Å². The average molecular weight is 338 g/mol. The maximum Gasteiger partial charge on any atom is 0.142 e. The normalized spacial score (nSPS) is 11.8. The third-order valence-corrected chi connectivity index (χ3v) is 5.71. The van der Waals surface area contributed by atoms with Gasteiger partial charge < -0.3 is 14.3 Å². The summed E-state index contributed by atoms with van der Waals surface area (Å²) in [6.07, 6.45) is 5.66. The van der Waals surface area contributed by atoms with Crippen LogP contribution in [0.5, 0.6) is 0 Å². The van der Waals surface area contributed by atoms with Crippen LogP contribution in [0.4, 0.5) is 0 Å². The van der Waals surface area contributed by atoms with E-state index in [1.165, 1.54) is 0 Å². The van der Waals surface area contributed by atoms with E-state index in [2.05, 4.69) is 41.7 Å². The predicted molar refractivity (Wildman–Crippen MR) is 98.3 cm³/mol. The largest absolute Gasteiger partial charge is 0.361 e. The zero-order chi connectivity index (χ0) is 17.2. The molecule has 3 aromatic heterocycles. The van der Waals surface area contributed by atoms with Gasteiger partial charge in [0.2, 0.25) is 0 Å². The first-order valence-electron chi connectivity index (χ1n) is 8.08. The van der Waals surface area contributed by atoms with Gasteiger partial charge in [0, 0.05) is 44.2 Å². The molecule has 124 valence electrons. The van der Waals surface area contributed by atoms with E-state index in [0.717, 1.165) is 34.8 Å². The molecule has 0 fully saturated rings. The van der Waals surface area contributed by atoms with Crippen molar-refractivity contribution in [2.45, 2.75) is 32.4 Å². The van der Waals surface area contributed by atoms with Crippen molar-refractivity contribution >= 4 is 19.1 Å². The van der Waals surface area contributed by atoms with Crippen LogP contribution in [0, 0.1) is 11.3 Å². The number of hydrogen-bond donors (Lipinski definition) is 1. The van der Waals surface area contributed by atoms with Crippen molar-refractivity contribution in [2.24, 2.45) is 0 Å². The Labute approximate surface area is 142 Å². The Morgan fingerprint density at radius 1 is 1.33 bits per heavy atom. The van der Waals surface area contributed by atoms with Gasteiger partial charge in [-0.15, -0.1) is 0 Å². The Morgan fingerprint density at radius 2 is 2.17 bits per heavy atom. The molecule has 3 aromatic rings. The third kappa shape index (κ3) is 3.58. The average Bonchev–Trinajstić information content (AvgIpc) is 3.17. The van der Waals surface area contributed by atoms with Crippen molar-refractivity contribution in [3.63, 3.8) is 0 Å². The van der Waals surface area contributed by atoms with E-state index >= 15 is 0 Å². The molecule has 0 saturated carbocycles. The molecule has 24 heavy (non-hydrogen) atoms. The fraction of sp³-hybridized carbons (Fsp3) is 0.333. The lowest BCUT2D eigenvalue weighted by Crippen LogP contribution is -2.22. The Bertz CT molecular complexity index is 882. The summed E-state index contributed by atoms with van der Waals surface area (Å²) in [5.74, 6) is 0. The van der Waals surface area contributed by atoms with Crippen LogP contribution in [0.1, 0.15) is 5.69 Å². The molecule has 0 aromatic carbocycles. The second kappa shape index (κ2) is 6.63. The number of hydrogen-bond acceptors (Lipinski definition) is 3. The number of fused-ring (bicyclic) bond motifs is 1. The number of rotatable bonds is 6. The Kier molecular flexibility index (Phi) is 4.56. The van der Waals surface area contributed by atoms with Crippen LogP contribution < -0.4 is 0 Å². The maximum absolute atomic E-state index is 8.98. The van der Waals surface area contributed by atoms with E-state index in [0.29, 0.717) is 12.4 Å². The highest BCUT2D eigenvalue weighted by molar-refractivity contribution is 6.76. The first-order valence-corrected chi connectivity index (χ1v) is 11.8. The number of aromatic amines is 1. The summed E-state index contributed by atoms with van der Waals surface area (Å²) in [6.45, 7) is 8.35. The molecule has 5 nitrogen and oxygen atoms in total. The van der Waals surface area contributed by atoms with Gasteiger partial charge in [-0.1, -0.05) is 19.6 Å². The molecule has 0 aliphatic heterocycles. The molecule has 1 N–H and O–H groups in total. The van der Waals surface area contributed by atoms with Crippen molar-refractivity contribution in [1.29, 1.82) is 5.26 Å². The van der Waals surface area contributed by atoms with Gasteiger partial charge in [-0.05, 0) is 29.8 Å². The SMILES string of the molecule is C[Si](C)(C)CCOCn1ccc2c(-c3c[nH]c(C#N)c3)ccnc21. The summed E-state index contributed by atoms with van der Waals surface area (Å²) >= 11 is 0. The van der Waals surface area contributed by atoms with Crippen LogP contribution in [0.3, 0.4) is 0 Å². The highest BCUT2D eigenvalue weighted by atomic mass is 28.3. The molecule has 3 rings (SSSR count). The van der Waals surface area contributed by atoms with Crippen LogP contribution in [-0.4, -0.2) is 29.2 Å². The Hall–Kier alpha value is -2.36. The number of ether oxygens (including phenoxy) is 1. The molecule has 0 bridgehead atoms. The number of H-pyrrole nitrogens is 1. The molecular formula is C18H22N4OSi. The summed E-state index contributed by atoms with van der Waals surface area (Å²) in [6, 6.07) is 9.17. The second-order valence-corrected chi connectivity index (χ2v) is 12.8. The molecule has 3 heterocycles. The van der Waals surface area contributed by atoms with Crippen molar-refractivity contribution in [3.05, 3.63) is 42.5 Å². The number of pyridine rings is 1. The summed E-state index contributed by atoms with van der Waals surface area (Å²) < 4.78 is 7.87. The van der Waals surface area contributed by atoms with Gasteiger partial charge in [0.15, 0.2) is 0 Å². The molecule has 0 amide bonds. The van der Waals surface area contributed by atoms with Gasteiger partial charge in [-0.3, -0.25) is 0 Å². The third-order valence-electron chi connectivity index (χ3n) is 4.00. The number of aromatic nitrogens is 3. The topological polar surface area (TPSA) is 66.6 Å². The fourth-order valence-electron chi connectivity index (χ4n) is 2.60. The standard InChI is InChI=1S/C18H22N4OSi/c1-24(2,3)9-8-23-13-22-7-5-17-16(4-6-20-18(17)22)14-10-15(11-19)21-12-14/h4-7,10,12,21H,8-9,13H2,1-3H3. The summed E-state index contributed by atoms with van der Waals surface area (Å²) in [5.41, 5.74) is 3.53. The van der Waals surface area contributed by atoms with Crippen molar-refractivity contribution in [2.75, 3.05) is 6.61 Å². The molecule has 6 heteroatoms. The van der Waals surface area contributed by atoms with Crippen LogP contribution in [-0.2, 0) is 11.5 Å². The zero-order valence-electron chi connectivity index (χ0n) is 14.3. The molecule has 0 atom stereocenters. The predicted octanol–water partition coefficient (Wildman–Crippen LogP) is 4.22.